The number of nitrogens with one attached hydrogen (secondary N) is 1. The van der Waals surface area contributed by atoms with Gasteiger partial charge >= 0.3 is 5.97 Å². The fraction of sp³-hybridized carbons (Fsp3) is 0.111. The molecule has 0 aliphatic rings. The zero-order chi connectivity index (χ0) is 10.1. The van der Waals surface area contributed by atoms with Gasteiger partial charge in [-0.1, -0.05) is 17.7 Å². The van der Waals surface area contributed by atoms with Crippen LogP contribution >= 0.6 is 11.6 Å². The largest absolute Gasteiger partial charge is 0.465 e. The Balaban J connectivity index is 2.67. The SMILES string of the molecule is COC(=O)c1ccc2cn[nH]c2c1Cl. The summed E-state index contributed by atoms with van der Waals surface area (Å²) in [5, 5.41) is 7.75. The van der Waals surface area contributed by atoms with E-state index in [1.54, 1.807) is 18.3 Å². The van der Waals surface area contributed by atoms with Gasteiger partial charge in [0.1, 0.15) is 0 Å². The van der Waals surface area contributed by atoms with Gasteiger partial charge in [-0.15, -0.1) is 0 Å². The number of hydrogen-bond donors (Lipinski definition) is 1. The molecular weight excluding hydrogens is 204 g/mol. The summed E-state index contributed by atoms with van der Waals surface area (Å²) < 4.78 is 4.58. The Morgan fingerprint density at radius 3 is 3.07 bits per heavy atom. The lowest BCUT2D eigenvalue weighted by Gasteiger charge is -2.01. The number of carbonyl (C=O) groups is 1. The van der Waals surface area contributed by atoms with Crippen LogP contribution in [0.25, 0.3) is 10.9 Å². The van der Waals surface area contributed by atoms with Crippen LogP contribution in [0.4, 0.5) is 0 Å². The minimum Gasteiger partial charge on any atom is -0.465 e. The molecule has 2 aromatic rings. The van der Waals surface area contributed by atoms with E-state index in [9.17, 15) is 4.79 Å². The summed E-state index contributed by atoms with van der Waals surface area (Å²) in [7, 11) is 1.32. The van der Waals surface area contributed by atoms with E-state index in [2.05, 4.69) is 14.9 Å². The molecule has 1 heterocycles. The maximum absolute atomic E-state index is 11.3. The molecule has 0 fully saturated rings. The third-order valence-electron chi connectivity index (χ3n) is 1.96. The van der Waals surface area contributed by atoms with Crippen molar-refractivity contribution in [2.24, 2.45) is 0 Å². The molecule has 0 unspecified atom stereocenters. The zero-order valence-electron chi connectivity index (χ0n) is 7.37. The van der Waals surface area contributed by atoms with Crippen molar-refractivity contribution in [2.75, 3.05) is 7.11 Å². The van der Waals surface area contributed by atoms with Crippen molar-refractivity contribution in [3.05, 3.63) is 28.9 Å². The van der Waals surface area contributed by atoms with Crippen LogP contribution in [0.1, 0.15) is 10.4 Å². The van der Waals surface area contributed by atoms with Gasteiger partial charge in [-0.05, 0) is 6.07 Å². The highest BCUT2D eigenvalue weighted by Gasteiger charge is 2.13. The van der Waals surface area contributed by atoms with Crippen LogP contribution < -0.4 is 0 Å². The number of halogens is 1. The molecule has 0 aliphatic heterocycles. The monoisotopic (exact) mass is 210 g/mol. The number of nitrogens with zero attached hydrogens (tertiary/aromatic N) is 1. The number of aromatic nitrogens is 2. The predicted octanol–water partition coefficient (Wildman–Crippen LogP) is 2.00. The summed E-state index contributed by atoms with van der Waals surface area (Å²) in [6.45, 7) is 0. The van der Waals surface area contributed by atoms with Crippen LogP contribution in [0.2, 0.25) is 5.02 Å². The first-order valence-electron chi connectivity index (χ1n) is 3.94. The van der Waals surface area contributed by atoms with Gasteiger partial charge in [0.05, 0.1) is 29.4 Å². The molecular formula is C9H7ClN2O2. The van der Waals surface area contributed by atoms with Gasteiger partial charge in [0.15, 0.2) is 0 Å². The van der Waals surface area contributed by atoms with Gasteiger partial charge < -0.3 is 4.74 Å². The van der Waals surface area contributed by atoms with Crippen molar-refractivity contribution in [1.82, 2.24) is 10.2 Å². The molecule has 1 aromatic carbocycles. The van der Waals surface area contributed by atoms with Gasteiger partial charge in [0.25, 0.3) is 0 Å². The van der Waals surface area contributed by atoms with Gasteiger partial charge in [0, 0.05) is 5.39 Å². The Kier molecular flexibility index (Phi) is 2.13. The summed E-state index contributed by atoms with van der Waals surface area (Å²) in [5.74, 6) is -0.452. The molecule has 0 radical (unpaired) electrons. The van der Waals surface area contributed by atoms with Gasteiger partial charge in [-0.25, -0.2) is 4.79 Å². The Bertz CT molecular complexity index is 493. The molecule has 1 N–H and O–H groups in total. The Hall–Kier alpha value is -1.55. The quantitative estimate of drug-likeness (QED) is 0.733. The number of rotatable bonds is 1. The number of ether oxygens (including phenoxy) is 1. The first-order chi connectivity index (χ1) is 6.74. The van der Waals surface area contributed by atoms with E-state index in [0.29, 0.717) is 16.1 Å². The second-order valence-corrected chi connectivity index (χ2v) is 3.13. The second kappa shape index (κ2) is 3.31. The number of fused-ring (bicyclic) bond motifs is 1. The predicted molar refractivity (Wildman–Crippen MR) is 52.4 cm³/mol. The minimum atomic E-state index is -0.452. The molecule has 0 atom stereocenters. The molecule has 5 heteroatoms. The van der Waals surface area contributed by atoms with Crippen molar-refractivity contribution < 1.29 is 9.53 Å². The number of carbonyl (C=O) groups excluding carboxylic acids is 1. The van der Waals surface area contributed by atoms with Crippen LogP contribution in [-0.2, 0) is 4.74 Å². The van der Waals surface area contributed by atoms with E-state index < -0.39 is 5.97 Å². The van der Waals surface area contributed by atoms with Gasteiger partial charge in [-0.2, -0.15) is 5.10 Å². The zero-order valence-corrected chi connectivity index (χ0v) is 8.13. The summed E-state index contributed by atoms with van der Waals surface area (Å²) in [4.78, 5) is 11.3. The van der Waals surface area contributed by atoms with Crippen molar-refractivity contribution in [2.45, 2.75) is 0 Å². The molecule has 14 heavy (non-hydrogen) atoms. The van der Waals surface area contributed by atoms with Gasteiger partial charge in [-0.3, -0.25) is 5.10 Å². The van der Waals surface area contributed by atoms with Crippen LogP contribution in [-0.4, -0.2) is 23.3 Å². The fourth-order valence-electron chi connectivity index (χ4n) is 1.25. The summed E-state index contributed by atoms with van der Waals surface area (Å²) >= 11 is 5.98. The van der Waals surface area contributed by atoms with E-state index in [1.807, 2.05) is 0 Å². The lowest BCUT2D eigenvalue weighted by atomic mass is 10.2. The number of benzene rings is 1. The summed E-state index contributed by atoms with van der Waals surface area (Å²) in [5.41, 5.74) is 0.987. The van der Waals surface area contributed by atoms with Crippen LogP contribution in [0, 0.1) is 0 Å². The van der Waals surface area contributed by atoms with Crippen LogP contribution in [0.5, 0.6) is 0 Å². The number of esters is 1. The smallest absolute Gasteiger partial charge is 0.339 e. The first kappa shape index (κ1) is 9.02. The highest BCUT2D eigenvalue weighted by atomic mass is 35.5. The van der Waals surface area contributed by atoms with Crippen LogP contribution in [0.3, 0.4) is 0 Å². The van der Waals surface area contributed by atoms with E-state index in [-0.39, 0.29) is 0 Å². The normalized spacial score (nSPS) is 10.4. The van der Waals surface area contributed by atoms with Crippen molar-refractivity contribution in [3.8, 4) is 0 Å². The van der Waals surface area contributed by atoms with E-state index in [1.165, 1.54) is 7.11 Å². The maximum Gasteiger partial charge on any atom is 0.339 e. The molecule has 1 aromatic heterocycles. The maximum atomic E-state index is 11.3. The highest BCUT2D eigenvalue weighted by molar-refractivity contribution is 6.37. The molecule has 0 amide bonds. The number of hydrogen-bond acceptors (Lipinski definition) is 3. The van der Waals surface area contributed by atoms with E-state index in [4.69, 9.17) is 11.6 Å². The third-order valence-corrected chi connectivity index (χ3v) is 2.35. The molecule has 0 spiro atoms. The van der Waals surface area contributed by atoms with E-state index in [0.717, 1.165) is 5.39 Å². The Morgan fingerprint density at radius 1 is 1.57 bits per heavy atom. The third kappa shape index (κ3) is 1.24. The number of H-pyrrole nitrogens is 1. The van der Waals surface area contributed by atoms with E-state index >= 15 is 0 Å². The molecule has 0 saturated heterocycles. The van der Waals surface area contributed by atoms with Gasteiger partial charge in [0.2, 0.25) is 0 Å². The average molecular weight is 211 g/mol. The highest BCUT2D eigenvalue weighted by Crippen LogP contribution is 2.25. The first-order valence-corrected chi connectivity index (χ1v) is 4.31. The fourth-order valence-corrected chi connectivity index (χ4v) is 1.54. The van der Waals surface area contributed by atoms with Crippen LogP contribution in [0.15, 0.2) is 18.3 Å². The topological polar surface area (TPSA) is 55.0 Å². The molecule has 4 nitrogen and oxygen atoms in total. The Morgan fingerprint density at radius 2 is 2.36 bits per heavy atom. The van der Waals surface area contributed by atoms with Crippen molar-refractivity contribution in [3.63, 3.8) is 0 Å². The summed E-state index contributed by atoms with van der Waals surface area (Å²) in [6.07, 6.45) is 1.64. The van der Waals surface area contributed by atoms with Crippen molar-refractivity contribution in [1.29, 1.82) is 0 Å². The lowest BCUT2D eigenvalue weighted by Crippen LogP contribution is -2.01. The molecule has 72 valence electrons. The minimum absolute atomic E-state index is 0.339. The Labute approximate surface area is 84.8 Å². The van der Waals surface area contributed by atoms with Crippen molar-refractivity contribution >= 4 is 28.5 Å². The number of aromatic amines is 1. The molecule has 0 aliphatic carbocycles. The molecule has 0 bridgehead atoms. The average Bonchev–Trinajstić information content (AvgIpc) is 2.66. The standard InChI is InChI=1S/C9H7ClN2O2/c1-14-9(13)6-3-2-5-4-11-12-8(5)7(6)10/h2-4H,1H3,(H,11,12). The molecule has 0 saturated carbocycles. The summed E-state index contributed by atoms with van der Waals surface area (Å²) in [6, 6.07) is 3.38. The second-order valence-electron chi connectivity index (χ2n) is 2.75. The molecule has 2 rings (SSSR count). The lowest BCUT2D eigenvalue weighted by molar-refractivity contribution is 0.0601. The number of methoxy groups -OCH3 is 1.